The number of nitrogens with two attached hydrogens (primary N) is 1. The van der Waals surface area contributed by atoms with E-state index >= 15 is 0 Å². The van der Waals surface area contributed by atoms with Crippen molar-refractivity contribution >= 4 is 62.4 Å². The second-order valence-corrected chi connectivity index (χ2v) is 19.2. The van der Waals surface area contributed by atoms with Gasteiger partial charge in [0.1, 0.15) is 28.7 Å². The van der Waals surface area contributed by atoms with E-state index in [-0.39, 0.29) is 23.2 Å². The lowest BCUT2D eigenvalue weighted by molar-refractivity contribution is -0.218. The summed E-state index contributed by atoms with van der Waals surface area (Å²) in [5.41, 5.74) is 1.61. The molecule has 1 aromatic heterocycles. The molecule has 336 valence electrons. The number of aromatic nitrogens is 1. The van der Waals surface area contributed by atoms with Crippen LogP contribution in [0.5, 0.6) is 5.75 Å². The monoisotopic (exact) mass is 893 g/mol. The molecular formula is C38H55N9O12S2. The summed E-state index contributed by atoms with van der Waals surface area (Å²) in [6, 6.07) is 4.44. The minimum Gasteiger partial charge on any atom is -0.485 e. The lowest BCUT2D eigenvalue weighted by Gasteiger charge is -2.50. The van der Waals surface area contributed by atoms with Crippen LogP contribution >= 0.6 is 11.3 Å². The lowest BCUT2D eigenvalue weighted by atomic mass is 9.84. The number of aryl methyl sites for hydroxylation is 1. The number of rotatable bonds is 14. The van der Waals surface area contributed by atoms with E-state index in [2.05, 4.69) is 46.7 Å². The molecule has 0 saturated carbocycles. The molecule has 7 N–H and O–H groups in total. The van der Waals surface area contributed by atoms with Gasteiger partial charge in [0.05, 0.1) is 12.1 Å². The summed E-state index contributed by atoms with van der Waals surface area (Å²) in [6.45, 7) is 16.8. The second kappa shape index (κ2) is 18.1. The lowest BCUT2D eigenvalue weighted by Crippen LogP contribution is -2.76. The Kier molecular flexibility index (Phi) is 13.9. The molecule has 3 aliphatic heterocycles. The number of fused-ring (bicyclic) bond motifs is 1. The number of esters is 1. The number of β-lactam (4-membered cyclic amide) rings is 1. The minimum absolute atomic E-state index is 0.00875. The van der Waals surface area contributed by atoms with E-state index in [0.29, 0.717) is 36.9 Å². The van der Waals surface area contributed by atoms with Crippen LogP contribution in [-0.2, 0) is 49.8 Å². The molecule has 1 aromatic carbocycles. The molecule has 61 heavy (non-hydrogen) atoms. The van der Waals surface area contributed by atoms with Crippen LogP contribution in [0.2, 0.25) is 0 Å². The first-order valence-electron chi connectivity index (χ1n) is 19.6. The van der Waals surface area contributed by atoms with Crippen LogP contribution in [-0.4, -0.2) is 119 Å². The molecule has 3 amide bonds. The fourth-order valence-corrected chi connectivity index (χ4v) is 7.58. The highest BCUT2D eigenvalue weighted by Gasteiger charge is 2.58. The van der Waals surface area contributed by atoms with Gasteiger partial charge in [-0.2, -0.15) is 13.5 Å². The van der Waals surface area contributed by atoms with E-state index in [1.54, 1.807) is 41.5 Å². The van der Waals surface area contributed by atoms with Crippen molar-refractivity contribution in [2.45, 2.75) is 122 Å². The van der Waals surface area contributed by atoms with Crippen molar-refractivity contribution in [2.24, 2.45) is 15.9 Å². The van der Waals surface area contributed by atoms with Crippen molar-refractivity contribution < 1.29 is 55.5 Å². The molecule has 1 unspecified atom stereocenters. The third-order valence-electron chi connectivity index (χ3n) is 9.60. The number of carbonyl (C=O) groups excluding carboxylic acids is 4. The number of guanidine groups is 1. The number of hydroxylamine groups is 2. The van der Waals surface area contributed by atoms with Crippen LogP contribution in [0.4, 0.5) is 9.93 Å². The predicted molar refractivity (Wildman–Crippen MR) is 223 cm³/mol. The Labute approximate surface area is 358 Å². The molecule has 2 aromatic rings. The maximum Gasteiger partial charge on any atom is 0.418 e. The molecule has 1 saturated heterocycles. The SMILES string of the molecule is CC(C)(C)OC(=O)Nc1nc(/C(=N/O[C@](C)(C(=O)OC(C)(C)C)[C@H]2CCc3cc(C4CN=C(NCCCN)NC4)ccc3O2)C(=O)N[C@@H]2C(=O)N(OS(=O)(=O)O)C2(C)C)cs1. The molecular weight excluding hydrogens is 839 g/mol. The van der Waals surface area contributed by atoms with Gasteiger partial charge in [-0.15, -0.1) is 15.6 Å². The zero-order valence-electron chi connectivity index (χ0n) is 35.6. The number of carbonyl (C=O) groups is 4. The molecule has 0 radical (unpaired) electrons. The number of hydrogen-bond acceptors (Lipinski definition) is 18. The highest BCUT2D eigenvalue weighted by molar-refractivity contribution is 7.80. The van der Waals surface area contributed by atoms with Gasteiger partial charge < -0.3 is 40.7 Å². The number of benzene rings is 1. The van der Waals surface area contributed by atoms with Crippen LogP contribution in [0.3, 0.4) is 0 Å². The Hall–Kier alpha value is -5.10. The molecule has 23 heteroatoms. The number of thiazole rings is 1. The molecule has 0 aliphatic carbocycles. The molecule has 0 bridgehead atoms. The van der Waals surface area contributed by atoms with E-state index in [0.717, 1.165) is 41.4 Å². The summed E-state index contributed by atoms with van der Waals surface area (Å²) < 4.78 is 54.0. The smallest absolute Gasteiger partial charge is 0.418 e. The summed E-state index contributed by atoms with van der Waals surface area (Å²) in [5.74, 6) is -1.54. The fraction of sp³-hybridized carbons (Fsp3) is 0.605. The van der Waals surface area contributed by atoms with E-state index in [1.165, 1.54) is 26.2 Å². The van der Waals surface area contributed by atoms with Crippen molar-refractivity contribution in [2.75, 3.05) is 31.5 Å². The third kappa shape index (κ3) is 11.8. The molecule has 21 nitrogen and oxygen atoms in total. The van der Waals surface area contributed by atoms with Gasteiger partial charge in [-0.1, -0.05) is 17.3 Å². The van der Waals surface area contributed by atoms with Gasteiger partial charge in [-0.25, -0.2) is 14.6 Å². The first-order valence-corrected chi connectivity index (χ1v) is 21.8. The van der Waals surface area contributed by atoms with Gasteiger partial charge in [-0.3, -0.25) is 24.5 Å². The highest BCUT2D eigenvalue weighted by atomic mass is 32.3. The maximum absolute atomic E-state index is 14.1. The topological polar surface area (TPSA) is 284 Å². The molecule has 0 spiro atoms. The standard InChI is InChI=1S/C38H55N9O12S2/c1-35(2,3)56-31(50)38(9,26-14-12-22-17-21(11-13-25(22)55-26)23-18-41-32(42-19-23)40-16-10-15-39)58-46-27(24-20-60-33(43-24)45-34(51)57-36(4,5)6)29(48)44-28-30(49)47(37(28,7)8)59-61(52,53)54/h11,13,17,20,23,26,28H,10,12,14-16,18-19,39H2,1-9H3,(H,44,48)(H2,40,41,42)(H,43,45,51)(H,52,53,54)/b46-27-/t26-,28-,38+/m1/s1. The van der Waals surface area contributed by atoms with Crippen molar-refractivity contribution in [3.8, 4) is 5.75 Å². The van der Waals surface area contributed by atoms with Crippen LogP contribution < -0.4 is 31.7 Å². The minimum atomic E-state index is -5.08. The zero-order valence-corrected chi connectivity index (χ0v) is 37.2. The summed E-state index contributed by atoms with van der Waals surface area (Å²) in [7, 11) is -5.08. The normalized spacial score (nSPS) is 21.3. The quantitative estimate of drug-likeness (QED) is 0.0397. The zero-order chi connectivity index (χ0) is 45.1. The average molecular weight is 894 g/mol. The Morgan fingerprint density at radius 1 is 1.13 bits per heavy atom. The highest BCUT2D eigenvalue weighted by Crippen LogP contribution is 2.37. The van der Waals surface area contributed by atoms with Gasteiger partial charge in [0.25, 0.3) is 17.4 Å². The van der Waals surface area contributed by atoms with Gasteiger partial charge in [0.2, 0.25) is 0 Å². The number of nitrogens with zero attached hydrogens (tertiary/aromatic N) is 4. The Balaban J connectivity index is 1.43. The van der Waals surface area contributed by atoms with Gasteiger partial charge in [0.15, 0.2) is 22.9 Å². The van der Waals surface area contributed by atoms with Crippen LogP contribution in [0.1, 0.15) is 97.9 Å². The number of hydrogen-bond donors (Lipinski definition) is 6. The second-order valence-electron chi connectivity index (χ2n) is 17.3. The van der Waals surface area contributed by atoms with E-state index in [9.17, 15) is 32.1 Å². The van der Waals surface area contributed by atoms with E-state index < -0.39 is 74.5 Å². The van der Waals surface area contributed by atoms with E-state index in [4.69, 9.17) is 24.8 Å². The summed E-state index contributed by atoms with van der Waals surface area (Å²) in [6.07, 6.45) is -0.228. The van der Waals surface area contributed by atoms with Crippen LogP contribution in [0.15, 0.2) is 33.7 Å². The molecule has 4 heterocycles. The van der Waals surface area contributed by atoms with Crippen LogP contribution in [0.25, 0.3) is 0 Å². The van der Waals surface area contributed by atoms with Gasteiger partial charge in [-0.05, 0) is 105 Å². The molecule has 4 atom stereocenters. The van der Waals surface area contributed by atoms with Gasteiger partial charge in [0, 0.05) is 24.4 Å². The van der Waals surface area contributed by atoms with Crippen molar-refractivity contribution in [3.63, 3.8) is 0 Å². The fourth-order valence-electron chi connectivity index (χ4n) is 6.44. The predicted octanol–water partition coefficient (Wildman–Crippen LogP) is 2.53. The summed E-state index contributed by atoms with van der Waals surface area (Å²) in [4.78, 5) is 68.7. The first kappa shape index (κ1) is 47.0. The van der Waals surface area contributed by atoms with Crippen molar-refractivity contribution in [1.82, 2.24) is 26.0 Å². The number of aliphatic imine (C=N–C) groups is 1. The van der Waals surface area contributed by atoms with Crippen LogP contribution in [0, 0.1) is 0 Å². The number of anilines is 1. The Bertz CT molecular complexity index is 2160. The number of oxime groups is 1. The van der Waals surface area contributed by atoms with Crippen molar-refractivity contribution in [1.29, 1.82) is 0 Å². The number of ether oxygens (including phenoxy) is 3. The van der Waals surface area contributed by atoms with Gasteiger partial charge >= 0.3 is 22.5 Å². The number of nitrogens with one attached hydrogen (secondary N) is 4. The Morgan fingerprint density at radius 3 is 2.44 bits per heavy atom. The molecule has 3 aliphatic rings. The Morgan fingerprint density at radius 2 is 1.84 bits per heavy atom. The van der Waals surface area contributed by atoms with Crippen molar-refractivity contribution in [3.05, 3.63) is 40.4 Å². The first-order chi connectivity index (χ1) is 28.3. The third-order valence-corrected chi connectivity index (χ3v) is 10.7. The van der Waals surface area contributed by atoms with E-state index in [1.807, 2.05) is 12.1 Å². The average Bonchev–Trinajstić information content (AvgIpc) is 3.61. The summed E-state index contributed by atoms with van der Waals surface area (Å²) >= 11 is 0.915. The molecule has 5 rings (SSSR count). The largest absolute Gasteiger partial charge is 0.485 e. The molecule has 1 fully saturated rings. The number of amides is 3. The maximum atomic E-state index is 14.1. The summed E-state index contributed by atoms with van der Waals surface area (Å²) in [5, 5.41) is 17.5.